The molecule has 4 heteroatoms. The molecule has 1 N–H and O–H groups in total. The van der Waals surface area contributed by atoms with Crippen LogP contribution in [0.2, 0.25) is 0 Å². The van der Waals surface area contributed by atoms with Crippen LogP contribution in [0.5, 0.6) is 0 Å². The Balaban J connectivity index is 1.91. The highest BCUT2D eigenvalue weighted by Gasteiger charge is 2.33. The maximum Gasteiger partial charge on any atom is 0.224 e. The van der Waals surface area contributed by atoms with Crippen LogP contribution >= 0.6 is 15.9 Å². The molecule has 3 nitrogen and oxygen atoms in total. The zero-order valence-corrected chi connectivity index (χ0v) is 15.3. The second-order valence-corrected chi connectivity index (χ2v) is 7.53. The third-order valence-electron chi connectivity index (χ3n) is 4.88. The zero-order chi connectivity index (χ0) is 16.0. The molecule has 1 fully saturated rings. The van der Waals surface area contributed by atoms with Gasteiger partial charge in [0, 0.05) is 16.6 Å². The first kappa shape index (κ1) is 17.5. The van der Waals surface area contributed by atoms with Gasteiger partial charge in [0.05, 0.1) is 6.42 Å². The van der Waals surface area contributed by atoms with Gasteiger partial charge in [0.25, 0.3) is 0 Å². The lowest BCUT2D eigenvalue weighted by Gasteiger charge is -2.39. The number of benzene rings is 1. The molecule has 0 heterocycles. The normalized spacial score (nSPS) is 18.0. The number of hydrogen-bond acceptors (Lipinski definition) is 2. The number of likely N-dealkylation sites (N-methyl/N-ethyl adjacent to an activating group) is 1. The molecule has 0 atom stereocenters. The summed E-state index contributed by atoms with van der Waals surface area (Å²) in [5.74, 6) is 0.118. The van der Waals surface area contributed by atoms with Crippen LogP contribution in [-0.2, 0) is 11.2 Å². The van der Waals surface area contributed by atoms with E-state index in [2.05, 4.69) is 40.2 Å². The summed E-state index contributed by atoms with van der Waals surface area (Å²) in [5, 5.41) is 3.17. The topological polar surface area (TPSA) is 32.3 Å². The van der Waals surface area contributed by atoms with Gasteiger partial charge in [-0.15, -0.1) is 0 Å². The fourth-order valence-electron chi connectivity index (χ4n) is 3.28. The molecule has 0 aliphatic heterocycles. The molecule has 0 saturated heterocycles. The number of amides is 1. The number of carbonyl (C=O) groups is 1. The van der Waals surface area contributed by atoms with E-state index in [0.717, 1.165) is 16.6 Å². The molecule has 0 bridgehead atoms. The highest BCUT2D eigenvalue weighted by Crippen LogP contribution is 2.30. The lowest BCUT2D eigenvalue weighted by molar-refractivity contribution is -0.121. The molecule has 2 rings (SSSR count). The van der Waals surface area contributed by atoms with Crippen LogP contribution in [0.4, 0.5) is 0 Å². The standard InChI is InChI=1S/C18H27BrN2O/c1-21(2)18(11-5-3-4-6-12-18)14-20-17(22)13-15-7-9-16(19)10-8-15/h7-10H,3-6,11-14H2,1-2H3,(H,20,22). The maximum absolute atomic E-state index is 12.2. The van der Waals surface area contributed by atoms with Crippen molar-refractivity contribution in [3.05, 3.63) is 34.3 Å². The van der Waals surface area contributed by atoms with Crippen molar-refractivity contribution in [3.8, 4) is 0 Å². The van der Waals surface area contributed by atoms with Crippen LogP contribution in [-0.4, -0.2) is 37.0 Å². The number of carbonyl (C=O) groups excluding carboxylic acids is 1. The predicted molar refractivity (Wildman–Crippen MR) is 95.0 cm³/mol. The quantitative estimate of drug-likeness (QED) is 0.804. The summed E-state index contributed by atoms with van der Waals surface area (Å²) >= 11 is 3.42. The van der Waals surface area contributed by atoms with Crippen molar-refractivity contribution in [1.29, 1.82) is 0 Å². The average Bonchev–Trinajstić information content (AvgIpc) is 2.74. The second kappa shape index (κ2) is 8.11. The Hall–Kier alpha value is -0.870. The SMILES string of the molecule is CN(C)C1(CNC(=O)Cc2ccc(Br)cc2)CCCCCC1. The Morgan fingerprint density at radius 2 is 1.73 bits per heavy atom. The Kier molecular flexibility index (Phi) is 6.45. The average molecular weight is 367 g/mol. The summed E-state index contributed by atoms with van der Waals surface area (Å²) in [7, 11) is 4.29. The van der Waals surface area contributed by atoms with E-state index >= 15 is 0 Å². The van der Waals surface area contributed by atoms with Gasteiger partial charge >= 0.3 is 0 Å². The number of rotatable bonds is 5. The summed E-state index contributed by atoms with van der Waals surface area (Å²) < 4.78 is 1.04. The smallest absolute Gasteiger partial charge is 0.224 e. The van der Waals surface area contributed by atoms with Crippen molar-refractivity contribution in [1.82, 2.24) is 10.2 Å². The van der Waals surface area contributed by atoms with Gasteiger partial charge in [-0.2, -0.15) is 0 Å². The minimum Gasteiger partial charge on any atom is -0.354 e. The largest absolute Gasteiger partial charge is 0.354 e. The third kappa shape index (κ3) is 4.82. The molecule has 22 heavy (non-hydrogen) atoms. The number of nitrogens with one attached hydrogen (secondary N) is 1. The van der Waals surface area contributed by atoms with E-state index in [1.807, 2.05) is 24.3 Å². The molecule has 1 aliphatic carbocycles. The van der Waals surface area contributed by atoms with E-state index in [9.17, 15) is 4.79 Å². The van der Waals surface area contributed by atoms with E-state index in [1.165, 1.54) is 38.5 Å². The van der Waals surface area contributed by atoms with Crippen LogP contribution in [0.15, 0.2) is 28.7 Å². The molecule has 1 amide bonds. The van der Waals surface area contributed by atoms with Crippen molar-refractivity contribution in [2.75, 3.05) is 20.6 Å². The molecule has 1 aromatic carbocycles. The molecule has 0 radical (unpaired) electrons. The Morgan fingerprint density at radius 3 is 2.27 bits per heavy atom. The number of halogens is 1. The van der Waals surface area contributed by atoms with E-state index < -0.39 is 0 Å². The van der Waals surface area contributed by atoms with E-state index in [1.54, 1.807) is 0 Å². The second-order valence-electron chi connectivity index (χ2n) is 6.61. The maximum atomic E-state index is 12.2. The molecule has 0 spiro atoms. The first-order valence-electron chi connectivity index (χ1n) is 8.20. The lowest BCUT2D eigenvalue weighted by Crippen LogP contribution is -2.52. The van der Waals surface area contributed by atoms with Crippen molar-refractivity contribution in [3.63, 3.8) is 0 Å². The van der Waals surface area contributed by atoms with Crippen molar-refractivity contribution < 1.29 is 4.79 Å². The molecular formula is C18H27BrN2O. The van der Waals surface area contributed by atoms with Gasteiger partial charge in [0.2, 0.25) is 5.91 Å². The van der Waals surface area contributed by atoms with Gasteiger partial charge in [-0.3, -0.25) is 4.79 Å². The molecule has 1 saturated carbocycles. The summed E-state index contributed by atoms with van der Waals surface area (Å²) in [5.41, 5.74) is 1.19. The summed E-state index contributed by atoms with van der Waals surface area (Å²) in [6, 6.07) is 7.96. The minimum absolute atomic E-state index is 0.118. The highest BCUT2D eigenvalue weighted by molar-refractivity contribution is 9.10. The predicted octanol–water partition coefficient (Wildman–Crippen LogP) is 3.76. The number of nitrogens with zero attached hydrogens (tertiary/aromatic N) is 1. The first-order chi connectivity index (χ1) is 10.5. The van der Waals surface area contributed by atoms with Crippen LogP contribution in [0.1, 0.15) is 44.1 Å². The fraction of sp³-hybridized carbons (Fsp3) is 0.611. The van der Waals surface area contributed by atoms with Gasteiger partial charge < -0.3 is 10.2 Å². The molecule has 0 unspecified atom stereocenters. The van der Waals surface area contributed by atoms with E-state index in [4.69, 9.17) is 0 Å². The molecule has 1 aromatic rings. The first-order valence-corrected chi connectivity index (χ1v) is 9.00. The number of hydrogen-bond donors (Lipinski definition) is 1. The minimum atomic E-state index is 0.118. The van der Waals surface area contributed by atoms with Crippen molar-refractivity contribution in [2.24, 2.45) is 0 Å². The van der Waals surface area contributed by atoms with Gasteiger partial charge in [-0.1, -0.05) is 53.7 Å². The molecule has 1 aliphatic rings. The van der Waals surface area contributed by atoms with Gasteiger partial charge in [0.15, 0.2) is 0 Å². The highest BCUT2D eigenvalue weighted by atomic mass is 79.9. The monoisotopic (exact) mass is 366 g/mol. The van der Waals surface area contributed by atoms with E-state index in [0.29, 0.717) is 6.42 Å². The summed E-state index contributed by atoms with van der Waals surface area (Å²) in [6.45, 7) is 0.759. The lowest BCUT2D eigenvalue weighted by atomic mass is 9.88. The third-order valence-corrected chi connectivity index (χ3v) is 5.40. The van der Waals surface area contributed by atoms with Crippen molar-refractivity contribution >= 4 is 21.8 Å². The van der Waals surface area contributed by atoms with Crippen LogP contribution < -0.4 is 5.32 Å². The zero-order valence-electron chi connectivity index (χ0n) is 13.7. The summed E-state index contributed by atoms with van der Waals surface area (Å²) in [4.78, 5) is 14.6. The Bertz CT molecular complexity index is 476. The van der Waals surface area contributed by atoms with Crippen LogP contribution in [0, 0.1) is 0 Å². The van der Waals surface area contributed by atoms with Gasteiger partial charge in [0.1, 0.15) is 0 Å². The van der Waals surface area contributed by atoms with Gasteiger partial charge in [-0.25, -0.2) is 0 Å². The van der Waals surface area contributed by atoms with E-state index in [-0.39, 0.29) is 11.4 Å². The molecule has 122 valence electrons. The Morgan fingerprint density at radius 1 is 1.14 bits per heavy atom. The molecular weight excluding hydrogens is 340 g/mol. The molecule has 0 aromatic heterocycles. The fourth-order valence-corrected chi connectivity index (χ4v) is 3.55. The van der Waals surface area contributed by atoms with Crippen LogP contribution in [0.3, 0.4) is 0 Å². The van der Waals surface area contributed by atoms with Crippen molar-refractivity contribution in [2.45, 2.75) is 50.5 Å². The van der Waals surface area contributed by atoms with Crippen LogP contribution in [0.25, 0.3) is 0 Å². The van der Waals surface area contributed by atoms with Gasteiger partial charge in [-0.05, 0) is 44.6 Å². The summed E-state index contributed by atoms with van der Waals surface area (Å²) in [6.07, 6.45) is 7.99. The Labute approximate surface area is 142 Å².